The van der Waals surface area contributed by atoms with E-state index in [-0.39, 0.29) is 13.2 Å². The van der Waals surface area contributed by atoms with Crippen molar-refractivity contribution in [3.63, 3.8) is 0 Å². The van der Waals surface area contributed by atoms with Gasteiger partial charge in [0.2, 0.25) is 0 Å². The molecule has 0 heterocycles. The Bertz CT molecular complexity index is 364. The molecule has 0 aromatic heterocycles. The molecule has 180 valence electrons. The summed E-state index contributed by atoms with van der Waals surface area (Å²) in [7, 11) is 2.23. The van der Waals surface area contributed by atoms with Crippen LogP contribution in [0.15, 0.2) is 12.2 Å². The third kappa shape index (κ3) is 16.3. The molecule has 0 aromatic rings. The topological polar surface area (TPSA) is 40.5 Å². The van der Waals surface area contributed by atoms with E-state index in [9.17, 15) is 10.2 Å². The minimum absolute atomic E-state index is 0.200. The van der Waals surface area contributed by atoms with Gasteiger partial charge in [0.05, 0.1) is 26.3 Å². The SMILES string of the molecule is CCCCCCCCC=CCC(CCCCCCCCCC)[N+](C)(CCO)CCO. The van der Waals surface area contributed by atoms with E-state index in [0.717, 1.165) is 24.0 Å². The normalized spacial score (nSPS) is 13.4. The second kappa shape index (κ2) is 21.8. The molecule has 0 fully saturated rings. The highest BCUT2D eigenvalue weighted by Crippen LogP contribution is 2.22. The third-order valence-corrected chi connectivity index (χ3v) is 6.79. The minimum Gasteiger partial charge on any atom is -0.391 e. The number of hydrogen-bond acceptors (Lipinski definition) is 2. The van der Waals surface area contributed by atoms with Crippen molar-refractivity contribution in [3.05, 3.63) is 12.2 Å². The predicted octanol–water partition coefficient (Wildman–Crippen LogP) is 7.01. The fourth-order valence-electron chi connectivity index (χ4n) is 4.55. The first-order valence-corrected chi connectivity index (χ1v) is 13.4. The van der Waals surface area contributed by atoms with Gasteiger partial charge in [-0.05, 0) is 25.7 Å². The summed E-state index contributed by atoms with van der Waals surface area (Å²) in [6, 6.07) is 0.505. The highest BCUT2D eigenvalue weighted by atomic mass is 16.3. The van der Waals surface area contributed by atoms with Gasteiger partial charge in [-0.3, -0.25) is 0 Å². The van der Waals surface area contributed by atoms with Gasteiger partial charge in [-0.25, -0.2) is 0 Å². The maximum Gasteiger partial charge on any atom is 0.102 e. The lowest BCUT2D eigenvalue weighted by atomic mass is 9.99. The molecule has 3 heteroatoms. The van der Waals surface area contributed by atoms with E-state index in [0.29, 0.717) is 6.04 Å². The molecule has 0 spiro atoms. The number of quaternary nitrogens is 1. The van der Waals surface area contributed by atoms with Crippen LogP contribution in [0.2, 0.25) is 0 Å². The summed E-state index contributed by atoms with van der Waals surface area (Å²) < 4.78 is 0.796. The van der Waals surface area contributed by atoms with Crippen LogP contribution in [0.1, 0.15) is 123 Å². The highest BCUT2D eigenvalue weighted by Gasteiger charge is 2.30. The van der Waals surface area contributed by atoms with Crippen LogP contribution in [0.5, 0.6) is 0 Å². The quantitative estimate of drug-likeness (QED) is 0.105. The van der Waals surface area contributed by atoms with Crippen LogP contribution in [0.4, 0.5) is 0 Å². The van der Waals surface area contributed by atoms with E-state index in [4.69, 9.17) is 0 Å². The summed E-state index contributed by atoms with van der Waals surface area (Å²) in [5, 5.41) is 19.2. The van der Waals surface area contributed by atoms with Crippen LogP contribution < -0.4 is 0 Å². The molecular weight excluding hydrogens is 370 g/mol. The van der Waals surface area contributed by atoms with Crippen LogP contribution in [-0.4, -0.2) is 54.1 Å². The van der Waals surface area contributed by atoms with Gasteiger partial charge in [0, 0.05) is 6.42 Å². The molecule has 0 aliphatic heterocycles. The van der Waals surface area contributed by atoms with Crippen molar-refractivity contribution in [1.29, 1.82) is 0 Å². The highest BCUT2D eigenvalue weighted by molar-refractivity contribution is 4.85. The molecule has 0 saturated heterocycles. The zero-order chi connectivity index (χ0) is 22.3. The number of aliphatic hydroxyl groups is 2. The Labute approximate surface area is 189 Å². The van der Waals surface area contributed by atoms with Gasteiger partial charge < -0.3 is 14.7 Å². The van der Waals surface area contributed by atoms with E-state index >= 15 is 0 Å². The molecule has 0 aromatic carbocycles. The van der Waals surface area contributed by atoms with Crippen molar-refractivity contribution in [2.75, 3.05) is 33.4 Å². The van der Waals surface area contributed by atoms with Crippen LogP contribution in [0, 0.1) is 0 Å². The molecule has 0 radical (unpaired) electrons. The zero-order valence-electron chi connectivity index (χ0n) is 20.9. The second-order valence-corrected chi connectivity index (χ2v) is 9.55. The molecular formula is C27H56NO2+. The molecule has 1 atom stereocenters. The molecule has 0 saturated carbocycles. The number of rotatable bonds is 23. The zero-order valence-corrected chi connectivity index (χ0v) is 20.9. The lowest BCUT2D eigenvalue weighted by Crippen LogP contribution is -2.55. The maximum atomic E-state index is 9.60. The van der Waals surface area contributed by atoms with Crippen molar-refractivity contribution >= 4 is 0 Å². The molecule has 0 aliphatic rings. The lowest BCUT2D eigenvalue weighted by Gasteiger charge is -2.41. The molecule has 3 nitrogen and oxygen atoms in total. The van der Waals surface area contributed by atoms with Crippen LogP contribution in [-0.2, 0) is 0 Å². The number of aliphatic hydroxyl groups excluding tert-OH is 2. The average Bonchev–Trinajstić information content (AvgIpc) is 2.73. The molecule has 30 heavy (non-hydrogen) atoms. The Kier molecular flexibility index (Phi) is 21.6. The second-order valence-electron chi connectivity index (χ2n) is 9.55. The van der Waals surface area contributed by atoms with Crippen molar-refractivity contribution in [3.8, 4) is 0 Å². The minimum atomic E-state index is 0.200. The van der Waals surface area contributed by atoms with Crippen molar-refractivity contribution in [2.45, 2.75) is 129 Å². The summed E-state index contributed by atoms with van der Waals surface area (Å²) in [6.45, 7) is 6.43. The summed E-state index contributed by atoms with van der Waals surface area (Å²) in [5.74, 6) is 0. The number of nitrogens with zero attached hydrogens (tertiary/aromatic N) is 1. The van der Waals surface area contributed by atoms with Gasteiger partial charge in [-0.1, -0.05) is 103 Å². The van der Waals surface area contributed by atoms with E-state index in [2.05, 4.69) is 33.0 Å². The fraction of sp³-hybridized carbons (Fsp3) is 0.926. The maximum absolute atomic E-state index is 9.60. The van der Waals surface area contributed by atoms with Crippen molar-refractivity contribution in [2.24, 2.45) is 0 Å². The molecule has 0 bridgehead atoms. The van der Waals surface area contributed by atoms with Crippen molar-refractivity contribution in [1.82, 2.24) is 0 Å². The van der Waals surface area contributed by atoms with Gasteiger partial charge >= 0.3 is 0 Å². The summed E-state index contributed by atoms with van der Waals surface area (Å²) in [5.41, 5.74) is 0. The predicted molar refractivity (Wildman–Crippen MR) is 133 cm³/mol. The van der Waals surface area contributed by atoms with Gasteiger partial charge in [0.15, 0.2) is 0 Å². The lowest BCUT2D eigenvalue weighted by molar-refractivity contribution is -0.934. The van der Waals surface area contributed by atoms with Crippen LogP contribution in [0.25, 0.3) is 0 Å². The standard InChI is InChI=1S/C27H56NO2/c1-4-6-8-10-12-14-16-18-20-22-27(28(3,23-25-29)24-26-30)21-19-17-15-13-11-9-7-5-2/h18,20,27,29-30H,4-17,19,21-26H2,1-3H3/q+1. The Morgan fingerprint density at radius 2 is 1.10 bits per heavy atom. The van der Waals surface area contributed by atoms with Crippen LogP contribution in [0.3, 0.4) is 0 Å². The Balaban J connectivity index is 4.36. The summed E-state index contributed by atoms with van der Waals surface area (Å²) in [6.07, 6.45) is 27.2. The Morgan fingerprint density at radius 1 is 0.633 bits per heavy atom. The first kappa shape index (κ1) is 29.6. The van der Waals surface area contributed by atoms with E-state index in [1.807, 2.05) is 0 Å². The number of hydrogen-bond donors (Lipinski definition) is 2. The van der Waals surface area contributed by atoms with Crippen LogP contribution >= 0.6 is 0 Å². The van der Waals surface area contributed by atoms with E-state index in [1.54, 1.807) is 0 Å². The Morgan fingerprint density at radius 3 is 1.60 bits per heavy atom. The summed E-state index contributed by atoms with van der Waals surface area (Å²) in [4.78, 5) is 0. The largest absolute Gasteiger partial charge is 0.391 e. The van der Waals surface area contributed by atoms with Crippen molar-refractivity contribution < 1.29 is 14.7 Å². The average molecular weight is 427 g/mol. The van der Waals surface area contributed by atoms with Gasteiger partial charge in [0.1, 0.15) is 13.1 Å². The fourth-order valence-corrected chi connectivity index (χ4v) is 4.55. The number of likely N-dealkylation sites (N-methyl/N-ethyl adjacent to an activating group) is 1. The number of unbranched alkanes of at least 4 members (excludes halogenated alkanes) is 13. The molecule has 0 rings (SSSR count). The van der Waals surface area contributed by atoms with Gasteiger partial charge in [0.25, 0.3) is 0 Å². The van der Waals surface area contributed by atoms with E-state index < -0.39 is 0 Å². The summed E-state index contributed by atoms with van der Waals surface area (Å²) >= 11 is 0. The van der Waals surface area contributed by atoms with E-state index in [1.165, 1.54) is 103 Å². The Hall–Kier alpha value is -0.380. The third-order valence-electron chi connectivity index (χ3n) is 6.79. The first-order chi connectivity index (χ1) is 14.6. The monoisotopic (exact) mass is 426 g/mol. The molecule has 0 aliphatic carbocycles. The molecule has 2 N–H and O–H groups in total. The first-order valence-electron chi connectivity index (χ1n) is 13.4. The molecule has 0 amide bonds. The molecule has 1 unspecified atom stereocenters. The smallest absolute Gasteiger partial charge is 0.102 e. The van der Waals surface area contributed by atoms with Gasteiger partial charge in [-0.15, -0.1) is 0 Å². The number of allylic oxidation sites excluding steroid dienone is 1. The van der Waals surface area contributed by atoms with Gasteiger partial charge in [-0.2, -0.15) is 0 Å².